The van der Waals surface area contributed by atoms with Gasteiger partial charge < -0.3 is 10.7 Å². The van der Waals surface area contributed by atoms with E-state index in [9.17, 15) is 0 Å². The molecule has 3 rings (SSSR count). The van der Waals surface area contributed by atoms with Crippen molar-refractivity contribution in [3.05, 3.63) is 65.5 Å². The van der Waals surface area contributed by atoms with Crippen LogP contribution in [0, 0.1) is 0 Å². The summed E-state index contributed by atoms with van der Waals surface area (Å²) in [7, 11) is 0. The van der Waals surface area contributed by atoms with Crippen molar-refractivity contribution in [3.8, 4) is 0 Å². The maximum Gasteiger partial charge on any atom is 0.108 e. The lowest BCUT2D eigenvalue weighted by Crippen LogP contribution is -2.11. The van der Waals surface area contributed by atoms with Gasteiger partial charge in [0.2, 0.25) is 0 Å². The number of nitrogens with two attached hydrogens (primary N) is 1. The van der Waals surface area contributed by atoms with Gasteiger partial charge in [-0.15, -0.1) is 0 Å². The third-order valence-corrected chi connectivity index (χ3v) is 4.23. The minimum atomic E-state index is -0.103. The second kappa shape index (κ2) is 6.33. The number of imidazole rings is 1. The Labute approximate surface area is 129 Å². The molecule has 2 aromatic carbocycles. The molecule has 3 N–H and O–H groups in total. The first-order valence-electron chi connectivity index (χ1n) is 7.06. The fraction of sp³-hybridized carbons (Fsp3) is 0.235. The minimum absolute atomic E-state index is 0.103. The number of H-pyrrole nitrogens is 1. The van der Waals surface area contributed by atoms with Crippen LogP contribution < -0.4 is 5.73 Å². The van der Waals surface area contributed by atoms with Gasteiger partial charge >= 0.3 is 0 Å². The zero-order valence-corrected chi connectivity index (χ0v) is 12.9. The van der Waals surface area contributed by atoms with E-state index >= 15 is 0 Å². The van der Waals surface area contributed by atoms with Gasteiger partial charge in [-0.2, -0.15) is 11.8 Å². The molecule has 0 bridgehead atoms. The Morgan fingerprint density at radius 3 is 2.71 bits per heavy atom. The molecule has 3 nitrogen and oxygen atoms in total. The van der Waals surface area contributed by atoms with Crippen LogP contribution in [0.3, 0.4) is 0 Å². The summed E-state index contributed by atoms with van der Waals surface area (Å²) in [5.74, 6) is 2.13. The molecule has 1 unspecified atom stereocenters. The summed E-state index contributed by atoms with van der Waals surface area (Å²) in [6, 6.07) is 16.3. The van der Waals surface area contributed by atoms with Gasteiger partial charge in [-0.05, 0) is 29.5 Å². The van der Waals surface area contributed by atoms with Crippen LogP contribution in [0.4, 0.5) is 0 Å². The highest BCUT2D eigenvalue weighted by Gasteiger charge is 2.10. The molecule has 4 heteroatoms. The SMILES string of the molecule is CSCCc1nc2ccc(C(N)c3ccccc3)cc2[nH]1. The number of aromatic nitrogens is 2. The summed E-state index contributed by atoms with van der Waals surface area (Å²) in [5.41, 5.74) is 10.7. The number of fused-ring (bicyclic) bond motifs is 1. The van der Waals surface area contributed by atoms with Crippen LogP contribution in [0.15, 0.2) is 48.5 Å². The van der Waals surface area contributed by atoms with E-state index < -0.39 is 0 Å². The van der Waals surface area contributed by atoms with Gasteiger partial charge in [-0.3, -0.25) is 0 Å². The van der Waals surface area contributed by atoms with Crippen molar-refractivity contribution >= 4 is 22.8 Å². The molecule has 1 atom stereocenters. The van der Waals surface area contributed by atoms with Crippen LogP contribution in [-0.4, -0.2) is 22.0 Å². The van der Waals surface area contributed by atoms with E-state index in [1.807, 2.05) is 36.0 Å². The number of hydrogen-bond donors (Lipinski definition) is 2. The normalized spacial score (nSPS) is 12.7. The van der Waals surface area contributed by atoms with Crippen LogP contribution in [-0.2, 0) is 6.42 Å². The van der Waals surface area contributed by atoms with Crippen molar-refractivity contribution in [3.63, 3.8) is 0 Å². The number of thioether (sulfide) groups is 1. The second-order valence-electron chi connectivity index (χ2n) is 5.09. The maximum absolute atomic E-state index is 6.36. The topological polar surface area (TPSA) is 54.7 Å². The van der Waals surface area contributed by atoms with Crippen molar-refractivity contribution in [2.24, 2.45) is 5.73 Å². The van der Waals surface area contributed by atoms with Gasteiger partial charge in [-0.1, -0.05) is 36.4 Å². The highest BCUT2D eigenvalue weighted by Crippen LogP contribution is 2.23. The molecule has 0 fully saturated rings. The third-order valence-electron chi connectivity index (χ3n) is 3.62. The first-order valence-corrected chi connectivity index (χ1v) is 8.45. The monoisotopic (exact) mass is 297 g/mol. The first-order chi connectivity index (χ1) is 10.3. The smallest absolute Gasteiger partial charge is 0.108 e. The lowest BCUT2D eigenvalue weighted by atomic mass is 9.99. The Morgan fingerprint density at radius 1 is 1.14 bits per heavy atom. The molecule has 0 aliphatic heterocycles. The molecule has 0 amide bonds. The summed E-state index contributed by atoms with van der Waals surface area (Å²) in [6.45, 7) is 0. The van der Waals surface area contributed by atoms with Gasteiger partial charge in [0.15, 0.2) is 0 Å². The van der Waals surface area contributed by atoms with E-state index in [4.69, 9.17) is 5.73 Å². The zero-order chi connectivity index (χ0) is 14.7. The number of nitrogens with one attached hydrogen (secondary N) is 1. The van der Waals surface area contributed by atoms with Crippen molar-refractivity contribution in [2.45, 2.75) is 12.5 Å². The van der Waals surface area contributed by atoms with E-state index in [-0.39, 0.29) is 6.04 Å². The zero-order valence-electron chi connectivity index (χ0n) is 12.0. The lowest BCUT2D eigenvalue weighted by molar-refractivity contribution is 0.873. The van der Waals surface area contributed by atoms with E-state index in [0.717, 1.165) is 40.2 Å². The van der Waals surface area contributed by atoms with E-state index in [1.54, 1.807) is 0 Å². The van der Waals surface area contributed by atoms with Crippen LogP contribution in [0.5, 0.6) is 0 Å². The number of aryl methyl sites for hydroxylation is 1. The summed E-state index contributed by atoms with van der Waals surface area (Å²) in [5, 5.41) is 0. The predicted octanol–water partition coefficient (Wildman–Crippen LogP) is 3.52. The number of hydrogen-bond acceptors (Lipinski definition) is 3. The van der Waals surface area contributed by atoms with Crippen molar-refractivity contribution in [1.82, 2.24) is 9.97 Å². The number of aromatic amines is 1. The quantitative estimate of drug-likeness (QED) is 0.757. The summed E-state index contributed by atoms with van der Waals surface area (Å²) in [4.78, 5) is 8.01. The molecule has 0 saturated heterocycles. The molecule has 0 aliphatic rings. The molecule has 1 aromatic heterocycles. The van der Waals surface area contributed by atoms with E-state index in [1.165, 1.54) is 0 Å². The Bertz CT molecular complexity index is 721. The van der Waals surface area contributed by atoms with Gasteiger partial charge in [0.05, 0.1) is 17.1 Å². The van der Waals surface area contributed by atoms with Crippen LogP contribution in [0.1, 0.15) is 23.0 Å². The average Bonchev–Trinajstić information content (AvgIpc) is 2.95. The fourth-order valence-electron chi connectivity index (χ4n) is 2.44. The summed E-state index contributed by atoms with van der Waals surface area (Å²) in [6.07, 6.45) is 3.08. The van der Waals surface area contributed by atoms with Gasteiger partial charge in [0, 0.05) is 12.2 Å². The number of benzene rings is 2. The molecule has 108 valence electrons. The average molecular weight is 297 g/mol. The third kappa shape index (κ3) is 3.12. The molecule has 3 aromatic rings. The standard InChI is InChI=1S/C17H19N3S/c1-21-10-9-16-19-14-8-7-13(11-15(14)20-16)17(18)12-5-3-2-4-6-12/h2-8,11,17H,9-10,18H2,1H3,(H,19,20). The molecule has 0 saturated carbocycles. The maximum atomic E-state index is 6.36. The Kier molecular flexibility index (Phi) is 4.27. The van der Waals surface area contributed by atoms with Crippen molar-refractivity contribution < 1.29 is 0 Å². The first kappa shape index (κ1) is 14.2. The van der Waals surface area contributed by atoms with Gasteiger partial charge in [0.1, 0.15) is 5.82 Å². The van der Waals surface area contributed by atoms with Crippen LogP contribution in [0.25, 0.3) is 11.0 Å². The molecule has 0 spiro atoms. The molecule has 0 aliphatic carbocycles. The van der Waals surface area contributed by atoms with Gasteiger partial charge in [-0.25, -0.2) is 4.98 Å². The molecule has 1 heterocycles. The largest absolute Gasteiger partial charge is 0.342 e. The van der Waals surface area contributed by atoms with Gasteiger partial charge in [0.25, 0.3) is 0 Å². The van der Waals surface area contributed by atoms with Crippen molar-refractivity contribution in [2.75, 3.05) is 12.0 Å². The second-order valence-corrected chi connectivity index (χ2v) is 6.08. The summed E-state index contributed by atoms with van der Waals surface area (Å²) < 4.78 is 0. The highest BCUT2D eigenvalue weighted by atomic mass is 32.2. The fourth-order valence-corrected chi connectivity index (χ4v) is 2.84. The predicted molar refractivity (Wildman–Crippen MR) is 90.7 cm³/mol. The van der Waals surface area contributed by atoms with Crippen LogP contribution in [0.2, 0.25) is 0 Å². The molecular formula is C17H19N3S. The highest BCUT2D eigenvalue weighted by molar-refractivity contribution is 7.98. The minimum Gasteiger partial charge on any atom is -0.342 e. The van der Waals surface area contributed by atoms with E-state index in [0.29, 0.717) is 0 Å². The molecule has 0 radical (unpaired) electrons. The summed E-state index contributed by atoms with van der Waals surface area (Å²) >= 11 is 1.83. The molecular weight excluding hydrogens is 278 g/mol. The Balaban J connectivity index is 1.90. The van der Waals surface area contributed by atoms with Crippen LogP contribution >= 0.6 is 11.8 Å². The molecule has 21 heavy (non-hydrogen) atoms. The Hall–Kier alpha value is -1.78. The number of rotatable bonds is 5. The lowest BCUT2D eigenvalue weighted by Gasteiger charge is -2.12. The Morgan fingerprint density at radius 2 is 1.95 bits per heavy atom. The van der Waals surface area contributed by atoms with Crippen molar-refractivity contribution in [1.29, 1.82) is 0 Å². The number of nitrogens with zero attached hydrogens (tertiary/aromatic N) is 1. The van der Waals surface area contributed by atoms with E-state index in [2.05, 4.69) is 40.5 Å².